The normalized spacial score (nSPS) is 19.8. The van der Waals surface area contributed by atoms with Gasteiger partial charge in [0.25, 0.3) is 0 Å². The van der Waals surface area contributed by atoms with Crippen molar-refractivity contribution in [2.75, 3.05) is 11.4 Å². The Hall–Kier alpha value is -1.62. The number of rotatable bonds is 5. The predicted molar refractivity (Wildman–Crippen MR) is 111 cm³/mol. The molecule has 0 N–H and O–H groups in total. The number of piperidine rings is 1. The Balaban J connectivity index is 2.46. The molecule has 27 heavy (non-hydrogen) atoms. The fourth-order valence-corrected chi connectivity index (χ4v) is 3.75. The molecule has 0 aromatic carbocycles. The van der Waals surface area contributed by atoms with E-state index in [0.717, 1.165) is 30.8 Å². The van der Waals surface area contributed by atoms with Crippen LogP contribution in [0.2, 0.25) is 0 Å². The van der Waals surface area contributed by atoms with Gasteiger partial charge in [0, 0.05) is 29.9 Å². The van der Waals surface area contributed by atoms with E-state index in [1.54, 1.807) is 11.1 Å². The van der Waals surface area contributed by atoms with Gasteiger partial charge in [0.15, 0.2) is 0 Å². The number of hydrogen-bond donors (Lipinski definition) is 0. The van der Waals surface area contributed by atoms with Crippen molar-refractivity contribution in [1.29, 1.82) is 0 Å². The number of ether oxygens (including phenoxy) is 1. The second-order valence-electron chi connectivity index (χ2n) is 8.87. The molecule has 0 aliphatic carbocycles. The first-order chi connectivity index (χ1) is 12.7. The van der Waals surface area contributed by atoms with Crippen molar-refractivity contribution in [3.05, 3.63) is 23.9 Å². The second-order valence-corrected chi connectivity index (χ2v) is 8.87. The first-order valence-corrected chi connectivity index (χ1v) is 10.4. The second kappa shape index (κ2) is 9.05. The first-order valence-electron chi connectivity index (χ1n) is 10.4. The smallest absolute Gasteiger partial charge is 0.416 e. The van der Waals surface area contributed by atoms with Gasteiger partial charge in [-0.2, -0.15) is 0 Å². The Bertz CT molecular complexity index is 624. The van der Waals surface area contributed by atoms with E-state index in [-0.39, 0.29) is 18.2 Å². The molecule has 5 heteroatoms. The summed E-state index contributed by atoms with van der Waals surface area (Å²) in [4.78, 5) is 22.0. The third-order valence-electron chi connectivity index (χ3n) is 5.23. The summed E-state index contributed by atoms with van der Waals surface area (Å²) in [5.74, 6) is 0.749. The number of anilines is 1. The number of aromatic nitrogens is 1. The van der Waals surface area contributed by atoms with Gasteiger partial charge in [0.2, 0.25) is 0 Å². The average Bonchev–Trinajstić information content (AvgIpc) is 2.60. The summed E-state index contributed by atoms with van der Waals surface area (Å²) in [6.07, 6.45) is 5.83. The summed E-state index contributed by atoms with van der Waals surface area (Å²) in [7, 11) is 0. The molecule has 152 valence electrons. The zero-order valence-corrected chi connectivity index (χ0v) is 18.2. The Morgan fingerprint density at radius 2 is 2.04 bits per heavy atom. The SMILES string of the molecule is CCC(C)N(C(=O)OC(C)(C)C)c1ncccc1C1CCCCN1C(C)C. The maximum absolute atomic E-state index is 13.1. The largest absolute Gasteiger partial charge is 0.443 e. The molecule has 1 saturated heterocycles. The molecule has 0 radical (unpaired) electrons. The van der Waals surface area contributed by atoms with E-state index in [4.69, 9.17) is 4.74 Å². The highest BCUT2D eigenvalue weighted by Crippen LogP contribution is 2.37. The van der Waals surface area contributed by atoms with E-state index in [9.17, 15) is 4.79 Å². The van der Waals surface area contributed by atoms with Gasteiger partial charge in [-0.25, -0.2) is 9.78 Å². The van der Waals surface area contributed by atoms with Crippen LogP contribution in [-0.4, -0.2) is 40.2 Å². The monoisotopic (exact) mass is 375 g/mol. The van der Waals surface area contributed by atoms with Crippen molar-refractivity contribution in [3.8, 4) is 0 Å². The molecule has 0 bridgehead atoms. The summed E-state index contributed by atoms with van der Waals surface area (Å²) in [5, 5.41) is 0. The average molecular weight is 376 g/mol. The van der Waals surface area contributed by atoms with E-state index >= 15 is 0 Å². The third kappa shape index (κ3) is 5.44. The van der Waals surface area contributed by atoms with Gasteiger partial charge in [0.05, 0.1) is 0 Å². The number of pyridine rings is 1. The highest BCUT2D eigenvalue weighted by atomic mass is 16.6. The third-order valence-corrected chi connectivity index (χ3v) is 5.23. The molecule has 1 aliphatic rings. The molecule has 0 saturated carbocycles. The van der Waals surface area contributed by atoms with Crippen LogP contribution in [0.5, 0.6) is 0 Å². The molecule has 1 aromatic rings. The predicted octanol–water partition coefficient (Wildman–Crippen LogP) is 5.56. The van der Waals surface area contributed by atoms with Gasteiger partial charge in [-0.3, -0.25) is 9.80 Å². The van der Waals surface area contributed by atoms with E-state index in [1.807, 2.05) is 26.8 Å². The maximum Gasteiger partial charge on any atom is 0.416 e. The van der Waals surface area contributed by atoms with Crippen molar-refractivity contribution in [2.45, 2.75) is 97.9 Å². The van der Waals surface area contributed by atoms with Gasteiger partial charge >= 0.3 is 6.09 Å². The number of nitrogens with zero attached hydrogens (tertiary/aromatic N) is 3. The van der Waals surface area contributed by atoms with Crippen LogP contribution in [0.25, 0.3) is 0 Å². The van der Waals surface area contributed by atoms with Gasteiger partial charge in [-0.15, -0.1) is 0 Å². The van der Waals surface area contributed by atoms with Gasteiger partial charge in [-0.1, -0.05) is 19.4 Å². The summed E-state index contributed by atoms with van der Waals surface area (Å²) < 4.78 is 5.73. The minimum absolute atomic E-state index is 0.0181. The molecule has 1 fully saturated rings. The van der Waals surface area contributed by atoms with E-state index in [1.165, 1.54) is 12.8 Å². The van der Waals surface area contributed by atoms with Crippen LogP contribution < -0.4 is 4.90 Å². The van der Waals surface area contributed by atoms with Crippen molar-refractivity contribution in [3.63, 3.8) is 0 Å². The Morgan fingerprint density at radius 1 is 1.33 bits per heavy atom. The standard InChI is InChI=1S/C22H37N3O2/c1-8-17(4)25(21(26)27-22(5,6)7)20-18(12-11-14-23-20)19-13-9-10-15-24(19)16(2)3/h11-12,14,16-17,19H,8-10,13,15H2,1-7H3. The molecule has 2 rings (SSSR count). The molecule has 5 nitrogen and oxygen atoms in total. The van der Waals surface area contributed by atoms with Crippen LogP contribution >= 0.6 is 0 Å². The summed E-state index contributed by atoms with van der Waals surface area (Å²) >= 11 is 0. The van der Waals surface area contributed by atoms with Crippen LogP contribution in [0.15, 0.2) is 18.3 Å². The topological polar surface area (TPSA) is 45.7 Å². The fourth-order valence-electron chi connectivity index (χ4n) is 3.75. The van der Waals surface area contributed by atoms with E-state index in [0.29, 0.717) is 6.04 Å². The van der Waals surface area contributed by atoms with Gasteiger partial charge < -0.3 is 4.74 Å². The quantitative estimate of drug-likeness (QED) is 0.676. The molecule has 2 unspecified atom stereocenters. The lowest BCUT2D eigenvalue weighted by molar-refractivity contribution is 0.0564. The molecule has 2 heterocycles. The van der Waals surface area contributed by atoms with Crippen LogP contribution in [-0.2, 0) is 4.74 Å². The number of carbonyl (C=O) groups is 1. The van der Waals surface area contributed by atoms with Crippen LogP contribution in [0.3, 0.4) is 0 Å². The Kier molecular flexibility index (Phi) is 7.26. The lowest BCUT2D eigenvalue weighted by Crippen LogP contribution is -2.44. The molecule has 1 amide bonds. The highest BCUT2D eigenvalue weighted by Gasteiger charge is 2.34. The Morgan fingerprint density at radius 3 is 2.63 bits per heavy atom. The lowest BCUT2D eigenvalue weighted by atomic mass is 9.93. The lowest BCUT2D eigenvalue weighted by Gasteiger charge is -2.40. The van der Waals surface area contributed by atoms with Crippen molar-refractivity contribution >= 4 is 11.9 Å². The van der Waals surface area contributed by atoms with Crippen LogP contribution in [0.4, 0.5) is 10.6 Å². The van der Waals surface area contributed by atoms with E-state index in [2.05, 4.69) is 43.6 Å². The van der Waals surface area contributed by atoms with Crippen LogP contribution in [0, 0.1) is 0 Å². The molecule has 1 aromatic heterocycles. The van der Waals surface area contributed by atoms with Crippen molar-refractivity contribution in [1.82, 2.24) is 9.88 Å². The minimum Gasteiger partial charge on any atom is -0.443 e. The Labute approximate surface area is 165 Å². The zero-order chi connectivity index (χ0) is 20.2. The molecule has 2 atom stereocenters. The van der Waals surface area contributed by atoms with Gasteiger partial charge in [-0.05, 0) is 73.4 Å². The number of hydrogen-bond acceptors (Lipinski definition) is 4. The van der Waals surface area contributed by atoms with Gasteiger partial charge in [0.1, 0.15) is 11.4 Å². The minimum atomic E-state index is -0.535. The van der Waals surface area contributed by atoms with Crippen LogP contribution in [0.1, 0.15) is 85.8 Å². The highest BCUT2D eigenvalue weighted by molar-refractivity contribution is 5.88. The molecule has 0 spiro atoms. The molecule has 1 aliphatic heterocycles. The fraction of sp³-hybridized carbons (Fsp3) is 0.727. The zero-order valence-electron chi connectivity index (χ0n) is 18.2. The van der Waals surface area contributed by atoms with Crippen molar-refractivity contribution in [2.24, 2.45) is 0 Å². The number of likely N-dealkylation sites (tertiary alicyclic amines) is 1. The molecular weight excluding hydrogens is 338 g/mol. The van der Waals surface area contributed by atoms with Crippen molar-refractivity contribution < 1.29 is 9.53 Å². The molecular formula is C22H37N3O2. The number of amides is 1. The summed E-state index contributed by atoms with van der Waals surface area (Å²) in [6, 6.07) is 4.88. The summed E-state index contributed by atoms with van der Waals surface area (Å²) in [5.41, 5.74) is 0.601. The summed E-state index contributed by atoms with van der Waals surface area (Å²) in [6.45, 7) is 15.4. The van der Waals surface area contributed by atoms with E-state index < -0.39 is 5.60 Å². The number of carbonyl (C=O) groups excluding carboxylic acids is 1. The maximum atomic E-state index is 13.1. The first kappa shape index (κ1) is 21.7.